The average Bonchev–Trinajstić information content (AvgIpc) is 2.12. The maximum atomic E-state index is 13.1. The summed E-state index contributed by atoms with van der Waals surface area (Å²) >= 11 is 0. The van der Waals surface area contributed by atoms with Gasteiger partial charge in [0.25, 0.3) is 0 Å². The molecule has 0 aliphatic rings. The molecule has 0 saturated heterocycles. The van der Waals surface area contributed by atoms with Crippen LogP contribution in [0.4, 0.5) is 17.6 Å². The van der Waals surface area contributed by atoms with E-state index >= 15 is 0 Å². The van der Waals surface area contributed by atoms with E-state index < -0.39 is 17.6 Å². The Morgan fingerprint density at radius 2 is 1.94 bits per heavy atom. The van der Waals surface area contributed by atoms with Crippen LogP contribution in [0.3, 0.4) is 0 Å². The topological polar surface area (TPSA) is 26.0 Å². The first-order valence-electron chi connectivity index (χ1n) is 4.92. The Hall–Kier alpha value is -1.10. The van der Waals surface area contributed by atoms with Crippen LogP contribution in [0.25, 0.3) is 0 Å². The van der Waals surface area contributed by atoms with Crippen molar-refractivity contribution in [3.05, 3.63) is 35.1 Å². The van der Waals surface area contributed by atoms with Crippen molar-refractivity contribution in [2.24, 2.45) is 5.73 Å². The van der Waals surface area contributed by atoms with Gasteiger partial charge < -0.3 is 5.73 Å². The van der Waals surface area contributed by atoms with Gasteiger partial charge in [0.2, 0.25) is 0 Å². The molecule has 0 spiro atoms. The fraction of sp³-hybridized carbons (Fsp3) is 0.455. The Morgan fingerprint density at radius 3 is 2.38 bits per heavy atom. The Balaban J connectivity index is 2.83. The summed E-state index contributed by atoms with van der Waals surface area (Å²) < 4.78 is 49.8. The highest BCUT2D eigenvalue weighted by Crippen LogP contribution is 2.31. The van der Waals surface area contributed by atoms with Gasteiger partial charge in [-0.05, 0) is 37.5 Å². The molecule has 1 rings (SSSR count). The van der Waals surface area contributed by atoms with Crippen molar-refractivity contribution in [1.29, 1.82) is 0 Å². The summed E-state index contributed by atoms with van der Waals surface area (Å²) in [6.07, 6.45) is -3.54. The molecule has 0 radical (unpaired) electrons. The smallest absolute Gasteiger partial charge is 0.328 e. The molecule has 1 aromatic rings. The highest BCUT2D eigenvalue weighted by Gasteiger charge is 2.33. The monoisotopic (exact) mass is 235 g/mol. The number of benzene rings is 1. The van der Waals surface area contributed by atoms with Gasteiger partial charge in [-0.2, -0.15) is 13.2 Å². The zero-order chi connectivity index (χ0) is 12.3. The van der Waals surface area contributed by atoms with Crippen LogP contribution >= 0.6 is 0 Å². The van der Waals surface area contributed by atoms with E-state index in [2.05, 4.69) is 0 Å². The lowest BCUT2D eigenvalue weighted by Crippen LogP contribution is -2.15. The second-order valence-corrected chi connectivity index (χ2v) is 3.83. The molecule has 5 heteroatoms. The fourth-order valence-electron chi connectivity index (χ4n) is 1.34. The lowest BCUT2D eigenvalue weighted by Gasteiger charge is -2.10. The van der Waals surface area contributed by atoms with E-state index in [0.29, 0.717) is 18.4 Å². The van der Waals surface area contributed by atoms with Crippen molar-refractivity contribution < 1.29 is 17.6 Å². The average molecular weight is 235 g/mol. The van der Waals surface area contributed by atoms with Crippen LogP contribution in [-0.4, -0.2) is 6.04 Å². The van der Waals surface area contributed by atoms with E-state index in [1.165, 1.54) is 6.07 Å². The predicted molar refractivity (Wildman–Crippen MR) is 53.4 cm³/mol. The summed E-state index contributed by atoms with van der Waals surface area (Å²) in [6.45, 7) is 1.79. The molecular weight excluding hydrogens is 222 g/mol. The molecule has 0 aliphatic heterocycles. The molecule has 1 nitrogen and oxygen atoms in total. The standard InChI is InChI=1S/C11H13F4N/c1-7(16)2-3-8-4-5-9(10(12)6-8)11(13,14)15/h4-7H,2-3,16H2,1H3/t7-/m1/s1. The number of hydrogen-bond donors (Lipinski definition) is 1. The van der Waals surface area contributed by atoms with Crippen molar-refractivity contribution in [1.82, 2.24) is 0 Å². The highest BCUT2D eigenvalue weighted by molar-refractivity contribution is 5.26. The third-order valence-electron chi connectivity index (χ3n) is 2.23. The third kappa shape index (κ3) is 3.48. The SMILES string of the molecule is C[C@@H](N)CCc1ccc(C(F)(F)F)c(F)c1. The Labute approximate surface area is 91.3 Å². The zero-order valence-corrected chi connectivity index (χ0v) is 8.81. The Bertz CT molecular complexity index is 357. The van der Waals surface area contributed by atoms with Crippen molar-refractivity contribution in [3.8, 4) is 0 Å². The summed E-state index contributed by atoms with van der Waals surface area (Å²) in [5.74, 6) is -1.23. The molecule has 90 valence electrons. The molecule has 0 saturated carbocycles. The molecular formula is C11H13F4N. The minimum absolute atomic E-state index is 0.0506. The molecule has 0 aliphatic carbocycles. The molecule has 0 heterocycles. The first-order chi connectivity index (χ1) is 7.30. The predicted octanol–water partition coefficient (Wildman–Crippen LogP) is 3.12. The second kappa shape index (κ2) is 4.82. The van der Waals surface area contributed by atoms with Gasteiger partial charge in [-0.1, -0.05) is 6.07 Å². The highest BCUT2D eigenvalue weighted by atomic mass is 19.4. The van der Waals surface area contributed by atoms with Crippen LogP contribution in [0.1, 0.15) is 24.5 Å². The lowest BCUT2D eigenvalue weighted by atomic mass is 10.0. The van der Waals surface area contributed by atoms with Crippen molar-refractivity contribution in [3.63, 3.8) is 0 Å². The minimum atomic E-state index is -4.64. The number of rotatable bonds is 3. The molecule has 1 atom stereocenters. The van der Waals surface area contributed by atoms with Gasteiger partial charge in [0.05, 0.1) is 5.56 Å². The largest absolute Gasteiger partial charge is 0.419 e. The lowest BCUT2D eigenvalue weighted by molar-refractivity contribution is -0.140. The van der Waals surface area contributed by atoms with Gasteiger partial charge in [0, 0.05) is 6.04 Å². The Morgan fingerprint density at radius 1 is 1.31 bits per heavy atom. The van der Waals surface area contributed by atoms with Crippen molar-refractivity contribution >= 4 is 0 Å². The first kappa shape index (κ1) is 13.0. The van der Waals surface area contributed by atoms with Gasteiger partial charge >= 0.3 is 6.18 Å². The van der Waals surface area contributed by atoms with E-state index in [-0.39, 0.29) is 6.04 Å². The zero-order valence-electron chi connectivity index (χ0n) is 8.81. The number of hydrogen-bond acceptors (Lipinski definition) is 1. The maximum Gasteiger partial charge on any atom is 0.419 e. The van der Waals surface area contributed by atoms with Crippen LogP contribution in [0.5, 0.6) is 0 Å². The van der Waals surface area contributed by atoms with Gasteiger partial charge in [-0.25, -0.2) is 4.39 Å². The molecule has 0 amide bonds. The van der Waals surface area contributed by atoms with Gasteiger partial charge in [0.15, 0.2) is 0 Å². The van der Waals surface area contributed by atoms with E-state index in [1.54, 1.807) is 6.92 Å². The van der Waals surface area contributed by atoms with E-state index in [0.717, 1.165) is 12.1 Å². The molecule has 0 aromatic heterocycles. The summed E-state index contributed by atoms with van der Waals surface area (Å²) in [7, 11) is 0. The number of aryl methyl sites for hydroxylation is 1. The Kier molecular flexibility index (Phi) is 3.91. The van der Waals surface area contributed by atoms with Gasteiger partial charge in [-0.15, -0.1) is 0 Å². The van der Waals surface area contributed by atoms with E-state index in [4.69, 9.17) is 5.73 Å². The molecule has 1 aromatic carbocycles. The van der Waals surface area contributed by atoms with Crippen LogP contribution < -0.4 is 5.73 Å². The first-order valence-corrected chi connectivity index (χ1v) is 4.92. The normalized spacial score (nSPS) is 13.9. The number of nitrogens with two attached hydrogens (primary N) is 1. The maximum absolute atomic E-state index is 13.1. The quantitative estimate of drug-likeness (QED) is 0.800. The third-order valence-corrected chi connectivity index (χ3v) is 2.23. The molecule has 2 N–H and O–H groups in total. The van der Waals surface area contributed by atoms with Gasteiger partial charge in [-0.3, -0.25) is 0 Å². The molecule has 0 bridgehead atoms. The minimum Gasteiger partial charge on any atom is -0.328 e. The number of halogens is 4. The second-order valence-electron chi connectivity index (χ2n) is 3.83. The molecule has 16 heavy (non-hydrogen) atoms. The van der Waals surface area contributed by atoms with Crippen molar-refractivity contribution in [2.45, 2.75) is 32.0 Å². The van der Waals surface area contributed by atoms with Gasteiger partial charge in [0.1, 0.15) is 5.82 Å². The summed E-state index contributed by atoms with van der Waals surface area (Å²) in [4.78, 5) is 0. The van der Waals surface area contributed by atoms with E-state index in [9.17, 15) is 17.6 Å². The molecule has 0 fully saturated rings. The molecule has 0 unspecified atom stereocenters. The van der Waals surface area contributed by atoms with Crippen LogP contribution in [0, 0.1) is 5.82 Å². The number of alkyl halides is 3. The summed E-state index contributed by atoms with van der Waals surface area (Å²) in [5.41, 5.74) is 4.81. The van der Waals surface area contributed by atoms with Crippen molar-refractivity contribution in [2.75, 3.05) is 0 Å². The van der Waals surface area contributed by atoms with Crippen LogP contribution in [-0.2, 0) is 12.6 Å². The summed E-state index contributed by atoms with van der Waals surface area (Å²) in [6, 6.07) is 2.93. The fourth-order valence-corrected chi connectivity index (χ4v) is 1.34. The van der Waals surface area contributed by atoms with Crippen LogP contribution in [0.15, 0.2) is 18.2 Å². The summed E-state index contributed by atoms with van der Waals surface area (Å²) in [5, 5.41) is 0. The van der Waals surface area contributed by atoms with E-state index in [1.807, 2.05) is 0 Å². The van der Waals surface area contributed by atoms with Crippen LogP contribution in [0.2, 0.25) is 0 Å².